The van der Waals surface area contributed by atoms with Crippen LogP contribution < -0.4 is 14.8 Å². The Labute approximate surface area is 142 Å². The van der Waals surface area contributed by atoms with Gasteiger partial charge in [-0.25, -0.2) is 0 Å². The second-order valence-electron chi connectivity index (χ2n) is 5.47. The van der Waals surface area contributed by atoms with E-state index < -0.39 is 0 Å². The fraction of sp³-hybridized carbons (Fsp3) is 0.200. The lowest BCUT2D eigenvalue weighted by atomic mass is 10.0. The second kappa shape index (κ2) is 8.11. The average molecular weight is 323 g/mol. The van der Waals surface area contributed by atoms with E-state index in [1.165, 1.54) is 11.1 Å². The van der Waals surface area contributed by atoms with Gasteiger partial charge in [-0.05, 0) is 42.2 Å². The zero-order chi connectivity index (χ0) is 16.6. The summed E-state index contributed by atoms with van der Waals surface area (Å²) in [6.07, 6.45) is 6.83. The number of hydrogen-bond donors (Lipinski definition) is 1. The third-order valence-electron chi connectivity index (χ3n) is 3.80. The van der Waals surface area contributed by atoms with Gasteiger partial charge in [0.1, 0.15) is 30.6 Å². The SMILES string of the molecule is COc1cccc(CCc2ccccc2OCC2=COC=CN2)c1. The molecule has 0 unspecified atom stereocenters. The molecule has 0 fully saturated rings. The van der Waals surface area contributed by atoms with E-state index in [0.29, 0.717) is 6.61 Å². The van der Waals surface area contributed by atoms with Crippen molar-refractivity contribution in [3.63, 3.8) is 0 Å². The lowest BCUT2D eigenvalue weighted by Gasteiger charge is -2.15. The summed E-state index contributed by atoms with van der Waals surface area (Å²) in [6.45, 7) is 0.445. The molecule has 0 amide bonds. The van der Waals surface area contributed by atoms with Crippen molar-refractivity contribution in [2.24, 2.45) is 0 Å². The summed E-state index contributed by atoms with van der Waals surface area (Å²) in [4.78, 5) is 0. The van der Waals surface area contributed by atoms with Gasteiger partial charge in [0.05, 0.1) is 12.8 Å². The molecule has 0 aliphatic carbocycles. The first kappa shape index (κ1) is 16.0. The quantitative estimate of drug-likeness (QED) is 0.841. The highest BCUT2D eigenvalue weighted by molar-refractivity contribution is 5.35. The summed E-state index contributed by atoms with van der Waals surface area (Å²) < 4.78 is 16.4. The molecule has 1 N–H and O–H groups in total. The van der Waals surface area contributed by atoms with E-state index in [4.69, 9.17) is 14.2 Å². The average Bonchev–Trinajstić information content (AvgIpc) is 2.66. The van der Waals surface area contributed by atoms with Gasteiger partial charge in [-0.15, -0.1) is 0 Å². The zero-order valence-electron chi connectivity index (χ0n) is 13.7. The maximum atomic E-state index is 5.94. The van der Waals surface area contributed by atoms with Crippen molar-refractivity contribution in [2.75, 3.05) is 13.7 Å². The van der Waals surface area contributed by atoms with Gasteiger partial charge < -0.3 is 19.5 Å². The number of nitrogens with one attached hydrogen (secondary N) is 1. The van der Waals surface area contributed by atoms with Crippen molar-refractivity contribution < 1.29 is 14.2 Å². The molecule has 0 saturated carbocycles. The van der Waals surface area contributed by atoms with Gasteiger partial charge >= 0.3 is 0 Å². The molecule has 0 atom stereocenters. The Morgan fingerprint density at radius 3 is 2.79 bits per heavy atom. The molecular formula is C20H21NO3. The maximum Gasteiger partial charge on any atom is 0.131 e. The fourth-order valence-corrected chi connectivity index (χ4v) is 2.53. The van der Waals surface area contributed by atoms with E-state index in [2.05, 4.69) is 23.5 Å². The molecule has 24 heavy (non-hydrogen) atoms. The van der Waals surface area contributed by atoms with Gasteiger partial charge in [-0.1, -0.05) is 30.3 Å². The van der Waals surface area contributed by atoms with Gasteiger partial charge in [0.15, 0.2) is 0 Å². The van der Waals surface area contributed by atoms with E-state index in [0.717, 1.165) is 30.0 Å². The highest BCUT2D eigenvalue weighted by Crippen LogP contribution is 2.22. The second-order valence-corrected chi connectivity index (χ2v) is 5.47. The predicted molar refractivity (Wildman–Crippen MR) is 93.8 cm³/mol. The monoisotopic (exact) mass is 323 g/mol. The summed E-state index contributed by atoms with van der Waals surface area (Å²) >= 11 is 0. The first-order valence-electron chi connectivity index (χ1n) is 7.95. The Morgan fingerprint density at radius 1 is 1.04 bits per heavy atom. The van der Waals surface area contributed by atoms with Crippen LogP contribution in [0.3, 0.4) is 0 Å². The molecule has 124 valence electrons. The Kier molecular flexibility index (Phi) is 5.40. The van der Waals surface area contributed by atoms with Crippen molar-refractivity contribution in [1.82, 2.24) is 5.32 Å². The predicted octanol–water partition coefficient (Wildman–Crippen LogP) is 3.79. The standard InChI is InChI=1S/C20H21NO3/c1-22-19-7-4-5-16(13-19)9-10-17-6-2-3-8-20(17)24-15-18-14-23-12-11-21-18/h2-8,11-14,21H,9-10,15H2,1H3. The van der Waals surface area contributed by atoms with Crippen molar-refractivity contribution >= 4 is 0 Å². The molecule has 0 aromatic heterocycles. The molecule has 0 radical (unpaired) electrons. The number of rotatable bonds is 7. The number of para-hydroxylation sites is 1. The van der Waals surface area contributed by atoms with Crippen LogP contribution in [-0.2, 0) is 17.6 Å². The highest BCUT2D eigenvalue weighted by Gasteiger charge is 2.06. The zero-order valence-corrected chi connectivity index (χ0v) is 13.7. The Bertz CT molecular complexity index is 737. The van der Waals surface area contributed by atoms with Gasteiger partial charge in [-0.3, -0.25) is 0 Å². The lowest BCUT2D eigenvalue weighted by Crippen LogP contribution is -2.16. The molecule has 0 saturated heterocycles. The summed E-state index contributed by atoms with van der Waals surface area (Å²) in [5.74, 6) is 1.79. The van der Waals surface area contributed by atoms with Crippen molar-refractivity contribution in [3.05, 3.63) is 84.1 Å². The number of ether oxygens (including phenoxy) is 3. The van der Waals surface area contributed by atoms with Crippen LogP contribution in [0.15, 0.2) is 73.0 Å². The number of methoxy groups -OCH3 is 1. The van der Waals surface area contributed by atoms with E-state index in [-0.39, 0.29) is 0 Å². The van der Waals surface area contributed by atoms with Crippen LogP contribution in [-0.4, -0.2) is 13.7 Å². The summed E-state index contributed by atoms with van der Waals surface area (Å²) in [5, 5.41) is 3.10. The summed E-state index contributed by atoms with van der Waals surface area (Å²) in [6, 6.07) is 16.3. The smallest absolute Gasteiger partial charge is 0.131 e. The van der Waals surface area contributed by atoms with Crippen molar-refractivity contribution in [3.8, 4) is 11.5 Å². The first-order valence-corrected chi connectivity index (χ1v) is 7.95. The van der Waals surface area contributed by atoms with E-state index in [1.807, 2.05) is 30.3 Å². The molecule has 2 aromatic rings. The molecule has 2 aromatic carbocycles. The van der Waals surface area contributed by atoms with Gasteiger partial charge in [-0.2, -0.15) is 0 Å². The Balaban J connectivity index is 1.62. The van der Waals surface area contributed by atoms with Crippen LogP contribution in [0.2, 0.25) is 0 Å². The first-order chi connectivity index (χ1) is 11.8. The topological polar surface area (TPSA) is 39.7 Å². The Morgan fingerprint density at radius 2 is 1.96 bits per heavy atom. The highest BCUT2D eigenvalue weighted by atomic mass is 16.5. The van der Waals surface area contributed by atoms with Crippen LogP contribution in [0.1, 0.15) is 11.1 Å². The van der Waals surface area contributed by atoms with Crippen molar-refractivity contribution in [1.29, 1.82) is 0 Å². The number of benzene rings is 2. The Hall–Kier alpha value is -2.88. The van der Waals surface area contributed by atoms with Gasteiger partial charge in [0.25, 0.3) is 0 Å². The molecular weight excluding hydrogens is 302 g/mol. The van der Waals surface area contributed by atoms with E-state index in [9.17, 15) is 0 Å². The maximum absolute atomic E-state index is 5.94. The molecule has 1 aliphatic rings. The van der Waals surface area contributed by atoms with Crippen LogP contribution in [0.4, 0.5) is 0 Å². The van der Waals surface area contributed by atoms with Crippen molar-refractivity contribution in [2.45, 2.75) is 12.8 Å². The summed E-state index contributed by atoms with van der Waals surface area (Å²) in [5.41, 5.74) is 3.33. The third-order valence-corrected chi connectivity index (χ3v) is 3.80. The van der Waals surface area contributed by atoms with E-state index >= 15 is 0 Å². The normalized spacial score (nSPS) is 12.8. The fourth-order valence-electron chi connectivity index (χ4n) is 2.53. The number of aryl methyl sites for hydroxylation is 2. The van der Waals surface area contributed by atoms with Crippen LogP contribution >= 0.6 is 0 Å². The van der Waals surface area contributed by atoms with Gasteiger partial charge in [0, 0.05) is 6.20 Å². The minimum absolute atomic E-state index is 0.445. The van der Waals surface area contributed by atoms with E-state index in [1.54, 1.807) is 25.8 Å². The molecule has 1 heterocycles. The molecule has 4 nitrogen and oxygen atoms in total. The minimum atomic E-state index is 0.445. The largest absolute Gasteiger partial charge is 0.497 e. The van der Waals surface area contributed by atoms with Crippen LogP contribution in [0, 0.1) is 0 Å². The third kappa shape index (κ3) is 4.32. The lowest BCUT2D eigenvalue weighted by molar-refractivity contribution is 0.318. The molecule has 0 bridgehead atoms. The minimum Gasteiger partial charge on any atom is -0.497 e. The van der Waals surface area contributed by atoms with Crippen LogP contribution in [0.5, 0.6) is 11.5 Å². The molecule has 0 spiro atoms. The van der Waals surface area contributed by atoms with Crippen LogP contribution in [0.25, 0.3) is 0 Å². The molecule has 3 rings (SSSR count). The molecule has 4 heteroatoms. The van der Waals surface area contributed by atoms with Gasteiger partial charge in [0.2, 0.25) is 0 Å². The number of hydrogen-bond acceptors (Lipinski definition) is 4. The molecule has 1 aliphatic heterocycles. The summed E-state index contributed by atoms with van der Waals surface area (Å²) in [7, 11) is 1.69.